The van der Waals surface area contributed by atoms with Gasteiger partial charge in [-0.25, -0.2) is 0 Å². The Morgan fingerprint density at radius 1 is 1.56 bits per heavy atom. The number of nitrogens with zero attached hydrogens (tertiary/aromatic N) is 3. The fraction of sp³-hybridized carbons (Fsp3) is 0.385. The van der Waals surface area contributed by atoms with Crippen LogP contribution >= 0.6 is 0 Å². The molecule has 1 rings (SSSR count). The van der Waals surface area contributed by atoms with E-state index in [9.17, 15) is 10.1 Å². The molecule has 0 aromatic carbocycles. The van der Waals surface area contributed by atoms with Crippen molar-refractivity contribution in [2.45, 2.75) is 19.3 Å². The summed E-state index contributed by atoms with van der Waals surface area (Å²) in [5.41, 5.74) is 0.965. The van der Waals surface area contributed by atoms with Crippen LogP contribution in [0.3, 0.4) is 0 Å². The first-order chi connectivity index (χ1) is 8.63. The van der Waals surface area contributed by atoms with Crippen LogP contribution in [0.15, 0.2) is 18.5 Å². The van der Waals surface area contributed by atoms with Crippen LogP contribution in [0.5, 0.6) is 0 Å². The molecule has 1 aromatic heterocycles. The lowest BCUT2D eigenvalue weighted by Gasteiger charge is -2.17. The Morgan fingerprint density at radius 3 is 2.83 bits per heavy atom. The molecule has 0 aliphatic heterocycles. The van der Waals surface area contributed by atoms with Gasteiger partial charge in [-0.05, 0) is 12.0 Å². The highest BCUT2D eigenvalue weighted by atomic mass is 16.5. The highest BCUT2D eigenvalue weighted by molar-refractivity contribution is 5.69. The normalized spacial score (nSPS) is 12.9. The minimum atomic E-state index is -0.549. The van der Waals surface area contributed by atoms with E-state index in [1.165, 1.54) is 19.5 Å². The van der Waals surface area contributed by atoms with E-state index >= 15 is 0 Å². The molecule has 0 aliphatic carbocycles. The van der Waals surface area contributed by atoms with E-state index in [1.54, 1.807) is 13.0 Å². The average molecular weight is 243 g/mol. The van der Waals surface area contributed by atoms with E-state index in [4.69, 9.17) is 5.26 Å². The molecule has 0 fully saturated rings. The van der Waals surface area contributed by atoms with Gasteiger partial charge in [-0.2, -0.15) is 10.5 Å². The van der Waals surface area contributed by atoms with Crippen LogP contribution in [0.4, 0.5) is 0 Å². The van der Waals surface area contributed by atoms with E-state index in [0.29, 0.717) is 11.1 Å². The van der Waals surface area contributed by atoms with Crippen molar-refractivity contribution in [3.63, 3.8) is 0 Å². The van der Waals surface area contributed by atoms with Crippen LogP contribution in [0.25, 0.3) is 0 Å². The molecule has 0 radical (unpaired) electrons. The molecule has 0 bridgehead atoms. The smallest absolute Gasteiger partial charge is 0.305 e. The Labute approximate surface area is 106 Å². The molecule has 18 heavy (non-hydrogen) atoms. The van der Waals surface area contributed by atoms with Crippen LogP contribution in [0, 0.1) is 28.6 Å². The number of nitriles is 2. The van der Waals surface area contributed by atoms with Gasteiger partial charge >= 0.3 is 5.97 Å². The van der Waals surface area contributed by atoms with Crippen molar-refractivity contribution in [2.75, 3.05) is 7.11 Å². The number of aromatic nitrogens is 1. The first-order valence-corrected chi connectivity index (χ1v) is 5.44. The lowest BCUT2D eigenvalue weighted by molar-refractivity contribution is -0.141. The van der Waals surface area contributed by atoms with Crippen molar-refractivity contribution >= 4 is 5.97 Å². The molecule has 0 spiro atoms. The minimum absolute atomic E-state index is 0.133. The van der Waals surface area contributed by atoms with Gasteiger partial charge in [0.1, 0.15) is 0 Å². The van der Waals surface area contributed by atoms with E-state index in [2.05, 4.69) is 15.8 Å². The second-order valence-electron chi connectivity index (χ2n) is 3.94. The first-order valence-electron chi connectivity index (χ1n) is 5.44. The number of pyridine rings is 1. The van der Waals surface area contributed by atoms with Crippen molar-refractivity contribution < 1.29 is 9.53 Å². The predicted octanol–water partition coefficient (Wildman–Crippen LogP) is 1.76. The zero-order chi connectivity index (χ0) is 13.5. The zero-order valence-corrected chi connectivity index (χ0v) is 10.3. The second kappa shape index (κ2) is 6.36. The lowest BCUT2D eigenvalue weighted by Crippen LogP contribution is -2.15. The van der Waals surface area contributed by atoms with Gasteiger partial charge in [-0.3, -0.25) is 9.78 Å². The summed E-state index contributed by atoms with van der Waals surface area (Å²) in [5, 5.41) is 18.2. The maximum absolute atomic E-state index is 11.2. The number of rotatable bonds is 4. The molecule has 92 valence electrons. The number of carbonyl (C=O) groups excluding carboxylic acids is 1. The van der Waals surface area contributed by atoms with Crippen LogP contribution in [-0.2, 0) is 9.53 Å². The standard InChI is InChI=1S/C13H13N3O2/c1-9(5-13(17)18-2)11(7-15)12-8-16-4-3-10(12)6-14/h3-4,8-9,11H,5H2,1-2H3. The fourth-order valence-corrected chi connectivity index (χ4v) is 1.72. The molecule has 1 heterocycles. The molecule has 5 heteroatoms. The lowest BCUT2D eigenvalue weighted by atomic mass is 9.85. The van der Waals surface area contributed by atoms with E-state index in [0.717, 1.165) is 0 Å². The van der Waals surface area contributed by atoms with Crippen molar-refractivity contribution in [1.29, 1.82) is 10.5 Å². The first kappa shape index (κ1) is 13.7. The van der Waals surface area contributed by atoms with Crippen LogP contribution in [0.2, 0.25) is 0 Å². The molecule has 0 aliphatic rings. The summed E-state index contributed by atoms with van der Waals surface area (Å²) < 4.78 is 4.58. The van der Waals surface area contributed by atoms with Gasteiger partial charge in [-0.15, -0.1) is 0 Å². The summed E-state index contributed by atoms with van der Waals surface area (Å²) in [6, 6.07) is 5.71. The maximum Gasteiger partial charge on any atom is 0.305 e. The molecule has 0 saturated carbocycles. The van der Waals surface area contributed by atoms with Gasteiger partial charge in [0.25, 0.3) is 0 Å². The van der Waals surface area contributed by atoms with Crippen LogP contribution in [0.1, 0.15) is 30.4 Å². The summed E-state index contributed by atoms with van der Waals surface area (Å²) in [6.07, 6.45) is 3.14. The number of hydrogen-bond donors (Lipinski definition) is 0. The van der Waals surface area contributed by atoms with Crippen LogP contribution < -0.4 is 0 Å². The number of esters is 1. The van der Waals surface area contributed by atoms with Gasteiger partial charge < -0.3 is 4.74 Å². The largest absolute Gasteiger partial charge is 0.469 e. The van der Waals surface area contributed by atoms with Gasteiger partial charge in [-0.1, -0.05) is 6.92 Å². The summed E-state index contributed by atoms with van der Waals surface area (Å²) in [5.74, 6) is -1.16. The summed E-state index contributed by atoms with van der Waals surface area (Å²) in [6.45, 7) is 1.78. The Morgan fingerprint density at radius 2 is 2.28 bits per heavy atom. The third-order valence-electron chi connectivity index (χ3n) is 2.73. The van der Waals surface area contributed by atoms with Gasteiger partial charge in [0.15, 0.2) is 0 Å². The van der Waals surface area contributed by atoms with Gasteiger partial charge in [0.2, 0.25) is 0 Å². The average Bonchev–Trinajstić information content (AvgIpc) is 2.40. The van der Waals surface area contributed by atoms with E-state index in [-0.39, 0.29) is 18.3 Å². The molecule has 2 unspecified atom stereocenters. The van der Waals surface area contributed by atoms with Gasteiger partial charge in [0, 0.05) is 24.4 Å². The maximum atomic E-state index is 11.2. The van der Waals surface area contributed by atoms with Crippen LogP contribution in [-0.4, -0.2) is 18.1 Å². The zero-order valence-electron chi connectivity index (χ0n) is 10.3. The van der Waals surface area contributed by atoms with Crippen molar-refractivity contribution in [2.24, 2.45) is 5.92 Å². The van der Waals surface area contributed by atoms with Crippen molar-refractivity contribution in [1.82, 2.24) is 4.98 Å². The van der Waals surface area contributed by atoms with E-state index in [1.807, 2.05) is 6.07 Å². The SMILES string of the molecule is COC(=O)CC(C)C(C#N)c1cnccc1C#N. The minimum Gasteiger partial charge on any atom is -0.469 e. The predicted molar refractivity (Wildman–Crippen MR) is 63.1 cm³/mol. The summed E-state index contributed by atoms with van der Waals surface area (Å²) >= 11 is 0. The molecule has 5 nitrogen and oxygen atoms in total. The number of ether oxygens (including phenoxy) is 1. The molecule has 0 saturated heterocycles. The molecule has 2 atom stereocenters. The molecule has 1 aromatic rings. The van der Waals surface area contributed by atoms with Crippen molar-refractivity contribution in [3.05, 3.63) is 29.6 Å². The highest BCUT2D eigenvalue weighted by Gasteiger charge is 2.24. The third kappa shape index (κ3) is 3.05. The highest BCUT2D eigenvalue weighted by Crippen LogP contribution is 2.28. The Kier molecular flexibility index (Phi) is 4.83. The Balaban J connectivity index is 3.00. The quantitative estimate of drug-likeness (QED) is 0.752. The number of carbonyl (C=O) groups is 1. The topological polar surface area (TPSA) is 86.8 Å². The molecular weight excluding hydrogens is 230 g/mol. The summed E-state index contributed by atoms with van der Waals surface area (Å²) in [7, 11) is 1.31. The summed E-state index contributed by atoms with van der Waals surface area (Å²) in [4.78, 5) is 15.1. The van der Waals surface area contributed by atoms with E-state index < -0.39 is 5.92 Å². The number of hydrogen-bond acceptors (Lipinski definition) is 5. The van der Waals surface area contributed by atoms with Crippen molar-refractivity contribution in [3.8, 4) is 12.1 Å². The molecule has 0 N–H and O–H groups in total. The fourth-order valence-electron chi connectivity index (χ4n) is 1.72. The molecular formula is C13H13N3O2. The monoisotopic (exact) mass is 243 g/mol. The third-order valence-corrected chi connectivity index (χ3v) is 2.73. The molecule has 0 amide bonds. The second-order valence-corrected chi connectivity index (χ2v) is 3.94. The Bertz CT molecular complexity index is 514. The Hall–Kier alpha value is -2.40. The number of methoxy groups -OCH3 is 1. The van der Waals surface area contributed by atoms with Gasteiger partial charge in [0.05, 0.1) is 30.7 Å².